The molecule has 0 bridgehead atoms. The second-order valence-electron chi connectivity index (χ2n) is 11.6. The minimum Gasteiger partial charge on any atom is -0.456 e. The molecule has 0 fully saturated rings. The average molecular weight is 577 g/mol. The van der Waals surface area contributed by atoms with E-state index in [1.807, 2.05) is 17.4 Å². The average Bonchev–Trinajstić information content (AvgIpc) is 3.65. The molecule has 0 aliphatic carbocycles. The van der Waals surface area contributed by atoms with E-state index in [0.29, 0.717) is 0 Å². The van der Waals surface area contributed by atoms with Crippen molar-refractivity contribution in [1.29, 1.82) is 0 Å². The molecule has 0 aliphatic rings. The van der Waals surface area contributed by atoms with Crippen LogP contribution in [0.4, 0.5) is 0 Å². The SMILES string of the molecule is c1ccc2c(c1)oc1ccc3c(-c4c5ccccc5c(-c5ccc6sc7ccccc7c6c5)c5ccccc45)cccc3c12. The van der Waals surface area contributed by atoms with Gasteiger partial charge in [0.05, 0.1) is 0 Å². The molecule has 0 N–H and O–H groups in total. The molecule has 0 saturated heterocycles. The van der Waals surface area contributed by atoms with Crippen LogP contribution in [0, 0.1) is 0 Å². The monoisotopic (exact) mass is 576 g/mol. The number of benzene rings is 8. The highest BCUT2D eigenvalue weighted by Crippen LogP contribution is 2.47. The first-order valence-corrected chi connectivity index (χ1v) is 15.8. The van der Waals surface area contributed by atoms with Gasteiger partial charge in [0.2, 0.25) is 0 Å². The van der Waals surface area contributed by atoms with Crippen LogP contribution in [0.2, 0.25) is 0 Å². The quantitative estimate of drug-likeness (QED) is 0.187. The van der Waals surface area contributed by atoms with Gasteiger partial charge >= 0.3 is 0 Å². The molecule has 2 heteroatoms. The Morgan fingerprint density at radius 3 is 1.75 bits per heavy atom. The van der Waals surface area contributed by atoms with E-state index in [1.54, 1.807) is 0 Å². The lowest BCUT2D eigenvalue weighted by atomic mass is 9.84. The third kappa shape index (κ3) is 3.29. The molecule has 10 aromatic rings. The van der Waals surface area contributed by atoms with Crippen LogP contribution in [0.1, 0.15) is 0 Å². The Balaban J connectivity index is 1.32. The van der Waals surface area contributed by atoms with Gasteiger partial charge in [-0.1, -0.05) is 115 Å². The number of hydrogen-bond donors (Lipinski definition) is 0. The molecule has 8 aromatic carbocycles. The first kappa shape index (κ1) is 24.0. The standard InChI is InChI=1S/C42H24OS/c1-3-13-32-30(11-1)40(25-20-23-39-35(24-25)27-10-6-8-19-38(27)44-39)31-12-2-4-14-33(31)41(32)28-16-9-17-29-26(28)21-22-37-42(29)34-15-5-7-18-36(34)43-37/h1-24H. The molecular weight excluding hydrogens is 553 g/mol. The van der Waals surface area contributed by atoms with Gasteiger partial charge in [0, 0.05) is 30.9 Å². The van der Waals surface area contributed by atoms with Gasteiger partial charge in [-0.05, 0) is 84.9 Å². The Morgan fingerprint density at radius 1 is 0.364 bits per heavy atom. The van der Waals surface area contributed by atoms with Gasteiger partial charge in [-0.3, -0.25) is 0 Å². The first-order valence-electron chi connectivity index (χ1n) is 15.0. The van der Waals surface area contributed by atoms with Gasteiger partial charge in [-0.15, -0.1) is 11.3 Å². The Labute approximate surface area is 257 Å². The summed E-state index contributed by atoms with van der Waals surface area (Å²) in [5, 5.41) is 12.5. The molecule has 0 radical (unpaired) electrons. The smallest absolute Gasteiger partial charge is 0.136 e. The third-order valence-electron chi connectivity index (χ3n) is 9.27. The van der Waals surface area contributed by atoms with Crippen molar-refractivity contribution in [3.63, 3.8) is 0 Å². The molecule has 0 spiro atoms. The van der Waals surface area contributed by atoms with Crippen molar-refractivity contribution in [2.75, 3.05) is 0 Å². The van der Waals surface area contributed by atoms with Crippen LogP contribution < -0.4 is 0 Å². The Hall–Kier alpha value is -5.44. The zero-order chi connectivity index (χ0) is 28.8. The fraction of sp³-hybridized carbons (Fsp3) is 0. The summed E-state index contributed by atoms with van der Waals surface area (Å²) in [6.07, 6.45) is 0. The fourth-order valence-electron chi connectivity index (χ4n) is 7.41. The molecule has 2 aromatic heterocycles. The Morgan fingerprint density at radius 2 is 0.977 bits per heavy atom. The third-order valence-corrected chi connectivity index (χ3v) is 10.4. The normalized spacial score (nSPS) is 12.1. The van der Waals surface area contributed by atoms with Crippen LogP contribution in [-0.2, 0) is 0 Å². The number of fused-ring (bicyclic) bond motifs is 10. The van der Waals surface area contributed by atoms with E-state index in [4.69, 9.17) is 4.42 Å². The topological polar surface area (TPSA) is 13.1 Å². The fourth-order valence-corrected chi connectivity index (χ4v) is 8.50. The zero-order valence-electron chi connectivity index (χ0n) is 23.7. The van der Waals surface area contributed by atoms with Gasteiger partial charge in [-0.2, -0.15) is 0 Å². The molecule has 0 saturated carbocycles. The highest BCUT2D eigenvalue weighted by atomic mass is 32.1. The summed E-state index contributed by atoms with van der Waals surface area (Å²) in [5.41, 5.74) is 6.92. The maximum Gasteiger partial charge on any atom is 0.136 e. The van der Waals surface area contributed by atoms with E-state index >= 15 is 0 Å². The second kappa shape index (κ2) is 9.03. The predicted octanol–water partition coefficient (Wildman–Crippen LogP) is 12.7. The van der Waals surface area contributed by atoms with Crippen LogP contribution >= 0.6 is 11.3 Å². The number of thiophene rings is 1. The maximum absolute atomic E-state index is 6.26. The van der Waals surface area contributed by atoms with Crippen molar-refractivity contribution in [2.24, 2.45) is 0 Å². The van der Waals surface area contributed by atoms with Gasteiger partial charge in [0.1, 0.15) is 11.2 Å². The molecule has 1 nitrogen and oxygen atoms in total. The van der Waals surface area contributed by atoms with E-state index in [0.717, 1.165) is 16.6 Å². The minimum atomic E-state index is 0.927. The van der Waals surface area contributed by atoms with Crippen molar-refractivity contribution in [2.45, 2.75) is 0 Å². The number of para-hydroxylation sites is 1. The number of rotatable bonds is 2. The van der Waals surface area contributed by atoms with Gasteiger partial charge in [0.25, 0.3) is 0 Å². The highest BCUT2D eigenvalue weighted by Gasteiger charge is 2.20. The van der Waals surface area contributed by atoms with Crippen molar-refractivity contribution in [3.8, 4) is 22.3 Å². The lowest BCUT2D eigenvalue weighted by Crippen LogP contribution is -1.91. The van der Waals surface area contributed by atoms with Crippen LogP contribution in [-0.4, -0.2) is 0 Å². The molecule has 204 valence electrons. The number of hydrogen-bond acceptors (Lipinski definition) is 2. The largest absolute Gasteiger partial charge is 0.456 e. The van der Waals surface area contributed by atoms with Crippen molar-refractivity contribution in [3.05, 3.63) is 146 Å². The summed E-state index contributed by atoms with van der Waals surface area (Å²) in [7, 11) is 0. The van der Waals surface area contributed by atoms with E-state index in [9.17, 15) is 0 Å². The van der Waals surface area contributed by atoms with Gasteiger partial charge < -0.3 is 4.42 Å². The molecule has 0 amide bonds. The van der Waals surface area contributed by atoms with Crippen LogP contribution in [0.15, 0.2) is 150 Å². The molecule has 10 rings (SSSR count). The molecule has 0 atom stereocenters. The summed E-state index contributed by atoms with van der Waals surface area (Å²) in [6, 6.07) is 53.1. The molecule has 44 heavy (non-hydrogen) atoms. The summed E-state index contributed by atoms with van der Waals surface area (Å²) in [6.45, 7) is 0. The lowest BCUT2D eigenvalue weighted by molar-refractivity contribution is 0.669. The van der Waals surface area contributed by atoms with E-state index in [-0.39, 0.29) is 0 Å². The molecule has 0 aliphatic heterocycles. The molecular formula is C42H24OS. The second-order valence-corrected chi connectivity index (χ2v) is 12.7. The summed E-state index contributed by atoms with van der Waals surface area (Å²) >= 11 is 1.87. The van der Waals surface area contributed by atoms with Crippen molar-refractivity contribution < 1.29 is 4.42 Å². The van der Waals surface area contributed by atoms with Crippen LogP contribution in [0.25, 0.3) is 96.7 Å². The van der Waals surface area contributed by atoms with Crippen LogP contribution in [0.3, 0.4) is 0 Å². The maximum atomic E-state index is 6.26. The highest BCUT2D eigenvalue weighted by molar-refractivity contribution is 7.25. The summed E-state index contributed by atoms with van der Waals surface area (Å²) in [5.74, 6) is 0. The summed E-state index contributed by atoms with van der Waals surface area (Å²) in [4.78, 5) is 0. The van der Waals surface area contributed by atoms with E-state index in [1.165, 1.54) is 80.1 Å². The lowest BCUT2D eigenvalue weighted by Gasteiger charge is -2.19. The van der Waals surface area contributed by atoms with E-state index < -0.39 is 0 Å². The summed E-state index contributed by atoms with van der Waals surface area (Å²) < 4.78 is 8.92. The Kier molecular flexibility index (Phi) is 4.94. The van der Waals surface area contributed by atoms with Gasteiger partial charge in [-0.25, -0.2) is 0 Å². The van der Waals surface area contributed by atoms with Crippen molar-refractivity contribution in [1.82, 2.24) is 0 Å². The predicted molar refractivity (Wildman–Crippen MR) is 190 cm³/mol. The first-order chi connectivity index (χ1) is 21.8. The zero-order valence-corrected chi connectivity index (χ0v) is 24.5. The molecule has 2 heterocycles. The minimum absolute atomic E-state index is 0.927. The molecule has 0 unspecified atom stereocenters. The number of furan rings is 1. The van der Waals surface area contributed by atoms with Gasteiger partial charge in [0.15, 0.2) is 0 Å². The van der Waals surface area contributed by atoms with E-state index in [2.05, 4.69) is 140 Å². The van der Waals surface area contributed by atoms with Crippen LogP contribution in [0.5, 0.6) is 0 Å². The van der Waals surface area contributed by atoms with Crippen molar-refractivity contribution >= 4 is 85.8 Å². The Bertz CT molecular complexity index is 2720.